The quantitative estimate of drug-likeness (QED) is 0.636. The summed E-state index contributed by atoms with van der Waals surface area (Å²) in [6.45, 7) is 9.02. The van der Waals surface area contributed by atoms with Gasteiger partial charge in [-0.3, -0.25) is 4.79 Å². The third-order valence-corrected chi connectivity index (χ3v) is 5.22. The summed E-state index contributed by atoms with van der Waals surface area (Å²) in [5.41, 5.74) is 1.34. The first-order valence-corrected chi connectivity index (χ1v) is 9.95. The summed E-state index contributed by atoms with van der Waals surface area (Å²) < 4.78 is 6.71. The number of rotatable bonds is 7. The first kappa shape index (κ1) is 19.8. The smallest absolute Gasteiger partial charge is 0.226 e. The molecule has 0 spiro atoms. The van der Waals surface area contributed by atoms with Gasteiger partial charge in [0.25, 0.3) is 0 Å². The highest BCUT2D eigenvalue weighted by Crippen LogP contribution is 2.31. The monoisotopic (exact) mass is 425 g/mol. The Bertz CT molecular complexity index is 725. The van der Waals surface area contributed by atoms with Crippen LogP contribution in [0.3, 0.4) is 0 Å². The second-order valence-electron chi connectivity index (χ2n) is 6.75. The van der Waals surface area contributed by atoms with E-state index < -0.39 is 0 Å². The Hall–Kier alpha value is -1.47. The van der Waals surface area contributed by atoms with E-state index in [1.165, 1.54) is 16.9 Å². The van der Waals surface area contributed by atoms with Crippen LogP contribution in [-0.4, -0.2) is 22.7 Å². The molecular weight excluding hydrogens is 402 g/mol. The van der Waals surface area contributed by atoms with Crippen LogP contribution in [0.4, 0.5) is 5.13 Å². The number of nitrogens with one attached hydrogen (secondary N) is 1. The summed E-state index contributed by atoms with van der Waals surface area (Å²) in [6.07, 6.45) is 1.85. The fourth-order valence-corrected chi connectivity index (χ4v) is 3.32. The standard InChI is InChI=1S/C18H24BrN3O2S/c1-5-16-21-22-17(25-16)20-15(23)7-6-10-24-14-9-8-12(11-13(14)19)18(2,3)4/h8-9,11H,5-7,10H2,1-4H3,(H,20,22,23). The van der Waals surface area contributed by atoms with Crippen LogP contribution in [-0.2, 0) is 16.6 Å². The first-order chi connectivity index (χ1) is 11.8. The maximum absolute atomic E-state index is 11.9. The fraction of sp³-hybridized carbons (Fsp3) is 0.500. The molecule has 0 saturated heterocycles. The highest BCUT2D eigenvalue weighted by molar-refractivity contribution is 9.10. The number of carbonyl (C=O) groups excluding carboxylic acids is 1. The summed E-state index contributed by atoms with van der Waals surface area (Å²) in [7, 11) is 0. The molecule has 0 aliphatic rings. The number of hydrogen-bond acceptors (Lipinski definition) is 5. The summed E-state index contributed by atoms with van der Waals surface area (Å²) in [4.78, 5) is 11.9. The molecule has 0 unspecified atom stereocenters. The van der Waals surface area contributed by atoms with E-state index in [-0.39, 0.29) is 11.3 Å². The fourth-order valence-electron chi connectivity index (χ4n) is 2.13. The van der Waals surface area contributed by atoms with Crippen molar-refractivity contribution < 1.29 is 9.53 Å². The van der Waals surface area contributed by atoms with Crippen molar-refractivity contribution in [2.24, 2.45) is 0 Å². The molecule has 1 aromatic heterocycles. The van der Waals surface area contributed by atoms with Gasteiger partial charge in [-0.15, -0.1) is 10.2 Å². The van der Waals surface area contributed by atoms with Crippen LogP contribution in [0.2, 0.25) is 0 Å². The zero-order chi connectivity index (χ0) is 18.4. The number of hydrogen-bond donors (Lipinski definition) is 1. The van der Waals surface area contributed by atoms with E-state index in [4.69, 9.17) is 4.74 Å². The largest absolute Gasteiger partial charge is 0.492 e. The summed E-state index contributed by atoms with van der Waals surface area (Å²) in [6, 6.07) is 6.13. The Morgan fingerprint density at radius 3 is 2.68 bits per heavy atom. The molecule has 1 amide bonds. The van der Waals surface area contributed by atoms with Crippen LogP contribution in [0.15, 0.2) is 22.7 Å². The van der Waals surface area contributed by atoms with Crippen LogP contribution in [0.5, 0.6) is 5.75 Å². The van der Waals surface area contributed by atoms with E-state index in [2.05, 4.69) is 64.3 Å². The molecule has 25 heavy (non-hydrogen) atoms. The van der Waals surface area contributed by atoms with Gasteiger partial charge in [0.2, 0.25) is 11.0 Å². The van der Waals surface area contributed by atoms with E-state index in [0.29, 0.717) is 24.6 Å². The highest BCUT2D eigenvalue weighted by atomic mass is 79.9. The molecule has 0 radical (unpaired) electrons. The van der Waals surface area contributed by atoms with E-state index in [0.717, 1.165) is 21.7 Å². The Kier molecular flexibility index (Phi) is 6.95. The molecule has 1 N–H and O–H groups in total. The number of nitrogens with zero attached hydrogens (tertiary/aromatic N) is 2. The number of ether oxygens (including phenoxy) is 1. The molecular formula is C18H24BrN3O2S. The zero-order valence-electron chi connectivity index (χ0n) is 15.1. The van der Waals surface area contributed by atoms with Crippen LogP contribution >= 0.6 is 27.3 Å². The van der Waals surface area contributed by atoms with Crippen LogP contribution in [0.1, 0.15) is 51.1 Å². The Morgan fingerprint density at radius 2 is 2.08 bits per heavy atom. The lowest BCUT2D eigenvalue weighted by molar-refractivity contribution is -0.116. The van der Waals surface area contributed by atoms with Crippen molar-refractivity contribution in [3.8, 4) is 5.75 Å². The van der Waals surface area contributed by atoms with E-state index >= 15 is 0 Å². The lowest BCUT2D eigenvalue weighted by atomic mass is 9.87. The predicted molar refractivity (Wildman–Crippen MR) is 105 cm³/mol. The molecule has 0 fully saturated rings. The minimum absolute atomic E-state index is 0.0652. The number of aromatic nitrogens is 2. The average Bonchev–Trinajstić information content (AvgIpc) is 2.99. The van der Waals surface area contributed by atoms with Crippen molar-refractivity contribution in [3.05, 3.63) is 33.2 Å². The maximum Gasteiger partial charge on any atom is 0.226 e. The molecule has 0 saturated carbocycles. The summed E-state index contributed by atoms with van der Waals surface area (Å²) in [5.74, 6) is 0.731. The van der Waals surface area contributed by atoms with Crippen LogP contribution in [0, 0.1) is 0 Å². The van der Waals surface area contributed by atoms with Gasteiger partial charge in [0, 0.05) is 6.42 Å². The van der Waals surface area contributed by atoms with Gasteiger partial charge >= 0.3 is 0 Å². The molecule has 0 atom stereocenters. The summed E-state index contributed by atoms with van der Waals surface area (Å²) in [5, 5.41) is 12.2. The number of carbonyl (C=O) groups is 1. The van der Waals surface area contributed by atoms with Gasteiger partial charge in [0.15, 0.2) is 0 Å². The molecule has 7 heteroatoms. The number of amides is 1. The predicted octanol–water partition coefficient (Wildman–Crippen LogP) is 4.96. The van der Waals surface area contributed by atoms with Gasteiger partial charge in [-0.05, 0) is 51.9 Å². The molecule has 0 aliphatic heterocycles. The second-order valence-corrected chi connectivity index (χ2v) is 8.67. The van der Waals surface area contributed by atoms with Gasteiger partial charge in [0.1, 0.15) is 10.8 Å². The van der Waals surface area contributed by atoms with E-state index in [9.17, 15) is 4.79 Å². The lowest BCUT2D eigenvalue weighted by Gasteiger charge is -2.20. The zero-order valence-corrected chi connectivity index (χ0v) is 17.5. The van der Waals surface area contributed by atoms with Crippen molar-refractivity contribution in [1.29, 1.82) is 0 Å². The average molecular weight is 426 g/mol. The van der Waals surface area contributed by atoms with Crippen LogP contribution < -0.4 is 10.1 Å². The van der Waals surface area contributed by atoms with E-state index in [1.807, 2.05) is 13.0 Å². The topological polar surface area (TPSA) is 64.1 Å². The van der Waals surface area contributed by atoms with Crippen molar-refractivity contribution in [3.63, 3.8) is 0 Å². The van der Waals surface area contributed by atoms with Crippen molar-refractivity contribution in [2.45, 2.75) is 52.4 Å². The second kappa shape index (κ2) is 8.76. The molecule has 2 aromatic rings. The lowest BCUT2D eigenvalue weighted by Crippen LogP contribution is -2.13. The SMILES string of the molecule is CCc1nnc(NC(=O)CCCOc2ccc(C(C)(C)C)cc2Br)s1. The highest BCUT2D eigenvalue weighted by Gasteiger charge is 2.15. The van der Waals surface area contributed by atoms with E-state index in [1.54, 1.807) is 0 Å². The Morgan fingerprint density at radius 1 is 1.32 bits per heavy atom. The van der Waals surface area contributed by atoms with Gasteiger partial charge in [-0.25, -0.2) is 0 Å². The Balaban J connectivity index is 1.76. The first-order valence-electron chi connectivity index (χ1n) is 8.34. The minimum Gasteiger partial charge on any atom is -0.492 e. The third-order valence-electron chi connectivity index (χ3n) is 3.62. The maximum atomic E-state index is 11.9. The number of benzene rings is 1. The molecule has 136 valence electrons. The van der Waals surface area contributed by atoms with Crippen molar-refractivity contribution in [1.82, 2.24) is 10.2 Å². The van der Waals surface area contributed by atoms with Crippen molar-refractivity contribution in [2.75, 3.05) is 11.9 Å². The normalized spacial score (nSPS) is 11.4. The van der Waals surface area contributed by atoms with Crippen molar-refractivity contribution >= 4 is 38.3 Å². The number of aryl methyl sites for hydroxylation is 1. The molecule has 5 nitrogen and oxygen atoms in total. The van der Waals surface area contributed by atoms with Crippen LogP contribution in [0.25, 0.3) is 0 Å². The van der Waals surface area contributed by atoms with Gasteiger partial charge < -0.3 is 10.1 Å². The minimum atomic E-state index is -0.0652. The molecule has 0 aliphatic carbocycles. The van der Waals surface area contributed by atoms with Gasteiger partial charge in [-0.2, -0.15) is 0 Å². The summed E-state index contributed by atoms with van der Waals surface area (Å²) >= 11 is 4.97. The molecule has 2 rings (SSSR count). The number of anilines is 1. The number of halogens is 1. The van der Waals surface area contributed by atoms with Gasteiger partial charge in [0.05, 0.1) is 11.1 Å². The third kappa shape index (κ3) is 6.08. The molecule has 1 aromatic carbocycles. The Labute approximate surface area is 161 Å². The molecule has 0 bridgehead atoms. The molecule has 1 heterocycles. The van der Waals surface area contributed by atoms with Gasteiger partial charge in [-0.1, -0.05) is 45.1 Å².